The van der Waals surface area contributed by atoms with Crippen LogP contribution in [0.3, 0.4) is 0 Å². The molecule has 2 heteroatoms. The van der Waals surface area contributed by atoms with Gasteiger partial charge in [0.2, 0.25) is 0 Å². The first-order valence-corrected chi connectivity index (χ1v) is 7.72. The second-order valence-corrected chi connectivity index (χ2v) is 5.42. The summed E-state index contributed by atoms with van der Waals surface area (Å²) in [5.41, 5.74) is 2.68. The Hall–Kier alpha value is -1.02. The number of anilines is 1. The van der Waals surface area contributed by atoms with Crippen molar-refractivity contribution in [2.24, 2.45) is 0 Å². The molecule has 0 fully saturated rings. The van der Waals surface area contributed by atoms with Crippen LogP contribution in [0.5, 0.6) is 0 Å². The summed E-state index contributed by atoms with van der Waals surface area (Å²) in [4.78, 5) is 2.36. The largest absolute Gasteiger partial charge is 0.375 e. The zero-order chi connectivity index (χ0) is 13.9. The number of rotatable bonds is 10. The van der Waals surface area contributed by atoms with Gasteiger partial charge in [-0.05, 0) is 57.0 Å². The third-order valence-electron chi connectivity index (χ3n) is 3.47. The average Bonchev–Trinajstić information content (AvgIpc) is 2.41. The number of aryl methyl sites for hydroxylation is 1. The smallest absolute Gasteiger partial charge is 0.0366 e. The minimum absolute atomic E-state index is 1.16. The van der Waals surface area contributed by atoms with Gasteiger partial charge in [-0.15, -0.1) is 0 Å². The summed E-state index contributed by atoms with van der Waals surface area (Å²) >= 11 is 0. The van der Waals surface area contributed by atoms with Crippen LogP contribution in [0.25, 0.3) is 0 Å². The average molecular weight is 262 g/mol. The number of benzene rings is 1. The molecule has 0 amide bonds. The Bertz CT molecular complexity index is 336. The van der Waals surface area contributed by atoms with Gasteiger partial charge in [-0.1, -0.05) is 31.9 Å². The minimum atomic E-state index is 1.16. The first kappa shape index (κ1) is 16.0. The van der Waals surface area contributed by atoms with Gasteiger partial charge in [0.05, 0.1) is 0 Å². The summed E-state index contributed by atoms with van der Waals surface area (Å²) in [5, 5.41) is 3.46. The molecular formula is C17H30N2. The Morgan fingerprint density at radius 2 is 1.84 bits per heavy atom. The first-order chi connectivity index (χ1) is 9.24. The van der Waals surface area contributed by atoms with E-state index in [1.165, 1.54) is 49.9 Å². The molecule has 1 aromatic carbocycles. The molecule has 0 aliphatic heterocycles. The number of hydrogen-bond acceptors (Lipinski definition) is 2. The maximum Gasteiger partial charge on any atom is 0.0366 e. The first-order valence-electron chi connectivity index (χ1n) is 7.72. The lowest BCUT2D eigenvalue weighted by molar-refractivity contribution is 0.584. The number of nitrogens with one attached hydrogen (secondary N) is 1. The van der Waals surface area contributed by atoms with Crippen molar-refractivity contribution in [3.63, 3.8) is 0 Å². The maximum atomic E-state index is 3.46. The van der Waals surface area contributed by atoms with Crippen LogP contribution < -0.4 is 10.2 Å². The summed E-state index contributed by atoms with van der Waals surface area (Å²) < 4.78 is 0. The fraction of sp³-hybridized carbons (Fsp3) is 0.647. The topological polar surface area (TPSA) is 15.3 Å². The molecule has 19 heavy (non-hydrogen) atoms. The van der Waals surface area contributed by atoms with Gasteiger partial charge in [-0.25, -0.2) is 0 Å². The fourth-order valence-corrected chi connectivity index (χ4v) is 2.25. The Morgan fingerprint density at radius 1 is 1.05 bits per heavy atom. The summed E-state index contributed by atoms with van der Waals surface area (Å²) in [6, 6.07) is 8.75. The zero-order valence-electron chi connectivity index (χ0n) is 12.9. The SMILES string of the molecule is CCCNCCCCCCN(C)c1cccc(C)c1. The van der Waals surface area contributed by atoms with E-state index in [1.807, 2.05) is 0 Å². The Labute approximate surface area is 119 Å². The molecule has 0 saturated heterocycles. The standard InChI is InChI=1S/C17H30N2/c1-4-12-18-13-7-5-6-8-14-19(3)17-11-9-10-16(2)15-17/h9-11,15,18H,4-8,12-14H2,1-3H3. The molecule has 0 radical (unpaired) electrons. The van der Waals surface area contributed by atoms with E-state index < -0.39 is 0 Å². The van der Waals surface area contributed by atoms with Crippen LogP contribution in [0.1, 0.15) is 44.6 Å². The molecule has 0 unspecified atom stereocenters. The lowest BCUT2D eigenvalue weighted by Crippen LogP contribution is -2.18. The second-order valence-electron chi connectivity index (χ2n) is 5.42. The lowest BCUT2D eigenvalue weighted by Gasteiger charge is -2.19. The Balaban J connectivity index is 2.06. The molecular weight excluding hydrogens is 232 g/mol. The van der Waals surface area contributed by atoms with Crippen LogP contribution in [0.2, 0.25) is 0 Å². The van der Waals surface area contributed by atoms with E-state index in [1.54, 1.807) is 0 Å². The van der Waals surface area contributed by atoms with Gasteiger partial charge < -0.3 is 10.2 Å². The molecule has 1 aromatic rings. The quantitative estimate of drug-likeness (QED) is 0.641. The highest BCUT2D eigenvalue weighted by Crippen LogP contribution is 2.15. The predicted octanol–water partition coefficient (Wildman–Crippen LogP) is 3.99. The summed E-state index contributed by atoms with van der Waals surface area (Å²) in [6.45, 7) is 7.87. The number of hydrogen-bond donors (Lipinski definition) is 1. The Kier molecular flexibility index (Phi) is 8.31. The minimum Gasteiger partial charge on any atom is -0.375 e. The van der Waals surface area contributed by atoms with Crippen LogP contribution >= 0.6 is 0 Å². The van der Waals surface area contributed by atoms with E-state index in [-0.39, 0.29) is 0 Å². The van der Waals surface area contributed by atoms with E-state index in [9.17, 15) is 0 Å². The molecule has 0 heterocycles. The molecule has 1 N–H and O–H groups in total. The van der Waals surface area contributed by atoms with Gasteiger partial charge in [0.15, 0.2) is 0 Å². The van der Waals surface area contributed by atoms with Crippen LogP contribution in [0.4, 0.5) is 5.69 Å². The van der Waals surface area contributed by atoms with Crippen LogP contribution in [-0.2, 0) is 0 Å². The predicted molar refractivity (Wildman–Crippen MR) is 86.1 cm³/mol. The molecule has 108 valence electrons. The van der Waals surface area contributed by atoms with Crippen molar-refractivity contribution in [1.82, 2.24) is 5.32 Å². The fourth-order valence-electron chi connectivity index (χ4n) is 2.25. The van der Waals surface area contributed by atoms with Gasteiger partial charge in [0, 0.05) is 19.3 Å². The highest BCUT2D eigenvalue weighted by molar-refractivity contribution is 5.47. The molecule has 0 atom stereocenters. The molecule has 0 bridgehead atoms. The van der Waals surface area contributed by atoms with Crippen molar-refractivity contribution >= 4 is 5.69 Å². The normalized spacial score (nSPS) is 10.7. The molecule has 0 aliphatic rings. The number of nitrogens with zero attached hydrogens (tertiary/aromatic N) is 1. The molecule has 2 nitrogen and oxygen atoms in total. The monoisotopic (exact) mass is 262 g/mol. The van der Waals surface area contributed by atoms with Crippen molar-refractivity contribution in [2.75, 3.05) is 31.6 Å². The highest BCUT2D eigenvalue weighted by Gasteiger charge is 2.00. The second kappa shape index (κ2) is 9.85. The summed E-state index contributed by atoms with van der Waals surface area (Å²) in [7, 11) is 2.19. The van der Waals surface area contributed by atoms with Gasteiger partial charge in [-0.3, -0.25) is 0 Å². The number of unbranched alkanes of at least 4 members (excludes halogenated alkanes) is 3. The van der Waals surface area contributed by atoms with Gasteiger partial charge in [0.25, 0.3) is 0 Å². The van der Waals surface area contributed by atoms with Crippen molar-refractivity contribution in [1.29, 1.82) is 0 Å². The van der Waals surface area contributed by atoms with E-state index in [2.05, 4.69) is 55.4 Å². The molecule has 0 aliphatic carbocycles. The van der Waals surface area contributed by atoms with Crippen LogP contribution in [0.15, 0.2) is 24.3 Å². The molecule has 1 rings (SSSR count). The third-order valence-corrected chi connectivity index (χ3v) is 3.47. The van der Waals surface area contributed by atoms with E-state index >= 15 is 0 Å². The van der Waals surface area contributed by atoms with Crippen molar-refractivity contribution < 1.29 is 0 Å². The maximum absolute atomic E-state index is 3.46. The Morgan fingerprint density at radius 3 is 2.58 bits per heavy atom. The third kappa shape index (κ3) is 7.22. The van der Waals surface area contributed by atoms with Gasteiger partial charge >= 0.3 is 0 Å². The zero-order valence-corrected chi connectivity index (χ0v) is 12.9. The van der Waals surface area contributed by atoms with E-state index in [0.29, 0.717) is 0 Å². The van der Waals surface area contributed by atoms with Gasteiger partial charge in [-0.2, -0.15) is 0 Å². The van der Waals surface area contributed by atoms with Crippen molar-refractivity contribution in [2.45, 2.75) is 46.0 Å². The van der Waals surface area contributed by atoms with E-state index in [4.69, 9.17) is 0 Å². The van der Waals surface area contributed by atoms with Crippen molar-refractivity contribution in [3.8, 4) is 0 Å². The molecule has 0 saturated carbocycles. The van der Waals surface area contributed by atoms with Gasteiger partial charge in [0.1, 0.15) is 0 Å². The lowest BCUT2D eigenvalue weighted by atomic mass is 10.1. The molecule has 0 aromatic heterocycles. The summed E-state index contributed by atoms with van der Waals surface area (Å²) in [6.07, 6.45) is 6.52. The van der Waals surface area contributed by atoms with Crippen LogP contribution in [0, 0.1) is 6.92 Å². The van der Waals surface area contributed by atoms with Crippen molar-refractivity contribution in [3.05, 3.63) is 29.8 Å². The molecule has 0 spiro atoms. The van der Waals surface area contributed by atoms with E-state index in [0.717, 1.165) is 13.1 Å². The summed E-state index contributed by atoms with van der Waals surface area (Å²) in [5.74, 6) is 0. The highest BCUT2D eigenvalue weighted by atomic mass is 15.1. The van der Waals surface area contributed by atoms with Crippen LogP contribution in [-0.4, -0.2) is 26.7 Å².